The van der Waals surface area contributed by atoms with Gasteiger partial charge in [-0.2, -0.15) is 0 Å². The lowest BCUT2D eigenvalue weighted by atomic mass is 10.0. The lowest BCUT2D eigenvalue weighted by molar-refractivity contribution is -0.142. The molecule has 1 aromatic rings. The number of hydrogen-bond acceptors (Lipinski definition) is 6. The molecule has 1 aromatic carbocycles. The van der Waals surface area contributed by atoms with Gasteiger partial charge in [-0.05, 0) is 17.2 Å². The van der Waals surface area contributed by atoms with Gasteiger partial charge in [0.15, 0.2) is 0 Å². The molecule has 1 saturated heterocycles. The number of benzene rings is 1. The molecule has 1 fully saturated rings. The van der Waals surface area contributed by atoms with E-state index in [4.69, 9.17) is 14.2 Å². The van der Waals surface area contributed by atoms with Gasteiger partial charge in [-0.1, -0.05) is 18.7 Å². The molecule has 2 aliphatic heterocycles. The molecule has 0 saturated carbocycles. The fourth-order valence-electron chi connectivity index (χ4n) is 3.33. The van der Waals surface area contributed by atoms with E-state index in [-0.39, 0.29) is 24.5 Å². The Morgan fingerprint density at radius 3 is 2.65 bits per heavy atom. The third kappa shape index (κ3) is 3.78. The number of amides is 1. The Bertz CT molecular complexity index is 709. The van der Waals surface area contributed by atoms with Crippen molar-refractivity contribution >= 4 is 30.5 Å². The smallest absolute Gasteiger partial charge is 0.410 e. The molecule has 2 atom stereocenters. The van der Waals surface area contributed by atoms with Crippen LogP contribution in [0.4, 0.5) is 4.79 Å². The van der Waals surface area contributed by atoms with E-state index in [2.05, 4.69) is 11.9 Å². The highest BCUT2D eigenvalue weighted by molar-refractivity contribution is 5.85. The summed E-state index contributed by atoms with van der Waals surface area (Å²) < 4.78 is 15.6. The Kier molecular flexibility index (Phi) is 6.50. The highest BCUT2D eigenvalue weighted by Crippen LogP contribution is 2.34. The summed E-state index contributed by atoms with van der Waals surface area (Å²) in [5.74, 6) is 0.414. The van der Waals surface area contributed by atoms with Gasteiger partial charge < -0.3 is 19.5 Å². The minimum Gasteiger partial charge on any atom is -0.496 e. The van der Waals surface area contributed by atoms with E-state index in [0.29, 0.717) is 26.1 Å². The van der Waals surface area contributed by atoms with Crippen LogP contribution in [0.15, 0.2) is 18.7 Å². The number of fused-ring (bicyclic) bond motifs is 1. The number of esters is 1. The molecule has 8 heteroatoms. The second-order valence-electron chi connectivity index (χ2n) is 6.10. The van der Waals surface area contributed by atoms with E-state index in [9.17, 15) is 9.59 Å². The zero-order valence-corrected chi connectivity index (χ0v) is 15.6. The predicted octanol–water partition coefficient (Wildman–Crippen LogP) is 2.12. The van der Waals surface area contributed by atoms with Crippen molar-refractivity contribution in [1.82, 2.24) is 10.2 Å². The van der Waals surface area contributed by atoms with Crippen LogP contribution < -0.4 is 10.1 Å². The van der Waals surface area contributed by atoms with Crippen LogP contribution in [0.25, 0.3) is 6.08 Å². The normalized spacial score (nSPS) is 20.8. The molecule has 0 aliphatic carbocycles. The standard InChI is InChI=1S/C18H22N2O5.ClH/c1-4-11-5-6-16(23-2)14-10-20(9-13(11)14)18(22)25-12-7-15(19-8-12)17(21)24-3;/h4-6,12,15,19H,1,7-10H2,2-3H3;1H. The van der Waals surface area contributed by atoms with Gasteiger partial charge in [0.2, 0.25) is 0 Å². The van der Waals surface area contributed by atoms with Gasteiger partial charge in [0.1, 0.15) is 17.9 Å². The van der Waals surface area contributed by atoms with Crippen molar-refractivity contribution in [2.75, 3.05) is 20.8 Å². The first kappa shape index (κ1) is 20.1. The average Bonchev–Trinajstić information content (AvgIpc) is 3.27. The summed E-state index contributed by atoms with van der Waals surface area (Å²) in [4.78, 5) is 25.7. The molecule has 1 N–H and O–H groups in total. The zero-order valence-electron chi connectivity index (χ0n) is 14.8. The minimum atomic E-state index is -0.425. The van der Waals surface area contributed by atoms with Crippen LogP contribution in [0.2, 0.25) is 0 Å². The van der Waals surface area contributed by atoms with Crippen LogP contribution in [0.5, 0.6) is 5.75 Å². The maximum Gasteiger partial charge on any atom is 0.410 e. The maximum absolute atomic E-state index is 12.5. The largest absolute Gasteiger partial charge is 0.496 e. The number of carbonyl (C=O) groups is 2. The van der Waals surface area contributed by atoms with Gasteiger partial charge in [0, 0.05) is 18.5 Å². The number of nitrogens with zero attached hydrogens (tertiary/aromatic N) is 1. The molecule has 2 heterocycles. The maximum atomic E-state index is 12.5. The molecule has 2 unspecified atom stereocenters. The summed E-state index contributed by atoms with van der Waals surface area (Å²) in [6.45, 7) is 5.14. The summed E-state index contributed by atoms with van der Waals surface area (Å²) in [5, 5.41) is 3.00. The minimum absolute atomic E-state index is 0. The molecule has 26 heavy (non-hydrogen) atoms. The van der Waals surface area contributed by atoms with Gasteiger partial charge in [0.25, 0.3) is 0 Å². The van der Waals surface area contributed by atoms with E-state index in [0.717, 1.165) is 22.4 Å². The molecule has 0 spiro atoms. The number of methoxy groups -OCH3 is 2. The van der Waals surface area contributed by atoms with E-state index in [1.54, 1.807) is 18.1 Å². The fraction of sp³-hybridized carbons (Fsp3) is 0.444. The Morgan fingerprint density at radius 2 is 2.00 bits per heavy atom. The Labute approximate surface area is 158 Å². The molecule has 7 nitrogen and oxygen atoms in total. The van der Waals surface area contributed by atoms with Crippen molar-refractivity contribution in [3.63, 3.8) is 0 Å². The van der Waals surface area contributed by atoms with E-state index >= 15 is 0 Å². The van der Waals surface area contributed by atoms with Crippen molar-refractivity contribution in [1.29, 1.82) is 0 Å². The SMILES string of the molecule is C=Cc1ccc(OC)c2c1CN(C(=O)OC1CNC(C(=O)OC)C1)C2.Cl. The second kappa shape index (κ2) is 8.42. The summed E-state index contributed by atoms with van der Waals surface area (Å²) in [7, 11) is 2.96. The summed E-state index contributed by atoms with van der Waals surface area (Å²) in [6.07, 6.45) is 1.45. The van der Waals surface area contributed by atoms with Crippen molar-refractivity contribution in [3.8, 4) is 5.75 Å². The van der Waals surface area contributed by atoms with Crippen molar-refractivity contribution < 1.29 is 23.8 Å². The van der Waals surface area contributed by atoms with E-state index < -0.39 is 12.1 Å². The number of halogens is 1. The summed E-state index contributed by atoms with van der Waals surface area (Å²) in [6, 6.07) is 3.39. The number of ether oxygens (including phenoxy) is 3. The number of carbonyl (C=O) groups excluding carboxylic acids is 2. The number of nitrogens with one attached hydrogen (secondary N) is 1. The molecule has 1 amide bonds. The monoisotopic (exact) mass is 382 g/mol. The Morgan fingerprint density at radius 1 is 1.27 bits per heavy atom. The molecule has 142 valence electrons. The van der Waals surface area contributed by atoms with Gasteiger partial charge in [-0.15, -0.1) is 12.4 Å². The molecule has 3 rings (SSSR count). The van der Waals surface area contributed by atoms with Crippen LogP contribution in [0.3, 0.4) is 0 Å². The highest BCUT2D eigenvalue weighted by atomic mass is 35.5. The Balaban J connectivity index is 0.00000243. The Hall–Kier alpha value is -2.25. The average molecular weight is 383 g/mol. The molecule has 0 radical (unpaired) electrons. The van der Waals surface area contributed by atoms with Gasteiger partial charge in [-0.3, -0.25) is 9.69 Å². The molecular formula is C18H23ClN2O5. The van der Waals surface area contributed by atoms with Crippen LogP contribution in [-0.4, -0.2) is 49.9 Å². The lowest BCUT2D eigenvalue weighted by Crippen LogP contribution is -2.31. The first-order valence-corrected chi connectivity index (χ1v) is 8.15. The summed E-state index contributed by atoms with van der Waals surface area (Å²) >= 11 is 0. The van der Waals surface area contributed by atoms with Crippen molar-refractivity contribution in [2.24, 2.45) is 0 Å². The quantitative estimate of drug-likeness (QED) is 0.804. The fourth-order valence-corrected chi connectivity index (χ4v) is 3.33. The van der Waals surface area contributed by atoms with Crippen molar-refractivity contribution in [3.05, 3.63) is 35.4 Å². The zero-order chi connectivity index (χ0) is 18.0. The van der Waals surface area contributed by atoms with Crippen LogP contribution in [0, 0.1) is 0 Å². The molecular weight excluding hydrogens is 360 g/mol. The highest BCUT2D eigenvalue weighted by Gasteiger charge is 2.35. The van der Waals surface area contributed by atoms with Crippen LogP contribution in [-0.2, 0) is 27.4 Å². The van der Waals surface area contributed by atoms with Gasteiger partial charge in [0.05, 0.1) is 27.3 Å². The molecule has 2 aliphatic rings. The number of hydrogen-bond donors (Lipinski definition) is 1. The van der Waals surface area contributed by atoms with E-state index in [1.165, 1.54) is 7.11 Å². The molecule has 0 bridgehead atoms. The first-order chi connectivity index (χ1) is 12.1. The lowest BCUT2D eigenvalue weighted by Gasteiger charge is -2.18. The number of rotatable bonds is 4. The van der Waals surface area contributed by atoms with Crippen molar-refractivity contribution in [2.45, 2.75) is 31.7 Å². The van der Waals surface area contributed by atoms with E-state index in [1.807, 2.05) is 12.1 Å². The third-order valence-electron chi connectivity index (χ3n) is 4.66. The molecule has 0 aromatic heterocycles. The van der Waals surface area contributed by atoms with Gasteiger partial charge in [-0.25, -0.2) is 4.79 Å². The third-order valence-corrected chi connectivity index (χ3v) is 4.66. The topological polar surface area (TPSA) is 77.1 Å². The van der Waals surface area contributed by atoms with Crippen LogP contribution >= 0.6 is 12.4 Å². The van der Waals surface area contributed by atoms with Gasteiger partial charge >= 0.3 is 12.1 Å². The van der Waals surface area contributed by atoms with Crippen LogP contribution in [0.1, 0.15) is 23.1 Å². The summed E-state index contributed by atoms with van der Waals surface area (Å²) in [5.41, 5.74) is 3.00. The predicted molar refractivity (Wildman–Crippen MR) is 98.3 cm³/mol. The first-order valence-electron chi connectivity index (χ1n) is 8.15. The second-order valence-corrected chi connectivity index (χ2v) is 6.10.